The van der Waals surface area contributed by atoms with E-state index in [0.717, 1.165) is 0 Å². The fourth-order valence-electron chi connectivity index (χ4n) is 0.101. The van der Waals surface area contributed by atoms with E-state index in [0.29, 0.717) is 0 Å². The van der Waals surface area contributed by atoms with Crippen molar-refractivity contribution in [3.8, 4) is 0 Å². The number of urea groups is 1. The Morgan fingerprint density at radius 2 is 2.12 bits per heavy atom. The van der Waals surface area contributed by atoms with E-state index in [4.69, 9.17) is 5.73 Å². The van der Waals surface area contributed by atoms with Crippen LogP contribution in [0.1, 0.15) is 0 Å². The molecule has 0 atom stereocenters. The lowest BCUT2D eigenvalue weighted by atomic mass is 11.2. The van der Waals surface area contributed by atoms with Gasteiger partial charge in [0.15, 0.2) is 0 Å². The van der Waals surface area contributed by atoms with Crippen LogP contribution in [0.25, 0.3) is 0 Å². The van der Waals surface area contributed by atoms with Gasteiger partial charge in [-0.1, -0.05) is 0 Å². The van der Waals surface area contributed by atoms with E-state index in [-0.39, 0.29) is 5.17 Å². The molecule has 5 nitrogen and oxygen atoms in total. The van der Waals surface area contributed by atoms with Gasteiger partial charge in [-0.05, 0) is 12.2 Å². The van der Waals surface area contributed by atoms with Crippen LogP contribution >= 0.6 is 12.2 Å². The largest absolute Gasteiger partial charge is 0.358 e. The van der Waals surface area contributed by atoms with Crippen LogP contribution in [-0.2, 0) is 4.84 Å². The number of nitrogens with two attached hydrogens (primary N) is 2. The molecular formula is C2H5N3O2S. The Morgan fingerprint density at radius 3 is 2.25 bits per heavy atom. The number of rotatable bonds is 0. The number of primary amides is 1. The minimum atomic E-state index is -0.835. The van der Waals surface area contributed by atoms with Crippen LogP contribution in [0.4, 0.5) is 4.79 Å². The number of hydrogen-bond donors (Lipinski definition) is 3. The molecule has 0 fully saturated rings. The molecule has 0 spiro atoms. The Labute approximate surface area is 50.9 Å². The van der Waals surface area contributed by atoms with Gasteiger partial charge in [-0.2, -0.15) is 5.48 Å². The second kappa shape index (κ2) is 3.03. The zero-order chi connectivity index (χ0) is 6.57. The molecule has 0 aromatic rings. The van der Waals surface area contributed by atoms with Gasteiger partial charge in [0.25, 0.3) is 5.17 Å². The summed E-state index contributed by atoms with van der Waals surface area (Å²) in [5.74, 6) is 0. The monoisotopic (exact) mass is 135 g/mol. The molecule has 46 valence electrons. The third-order valence-corrected chi connectivity index (χ3v) is 0.336. The maximum atomic E-state index is 9.77. The first-order valence-corrected chi connectivity index (χ1v) is 2.05. The summed E-state index contributed by atoms with van der Waals surface area (Å²) in [7, 11) is 0. The Kier molecular flexibility index (Phi) is 2.63. The van der Waals surface area contributed by atoms with Crippen molar-refractivity contribution >= 4 is 23.4 Å². The second-order valence-corrected chi connectivity index (χ2v) is 1.29. The molecule has 0 saturated heterocycles. The van der Waals surface area contributed by atoms with E-state index in [2.05, 4.69) is 22.8 Å². The van der Waals surface area contributed by atoms with E-state index in [1.54, 1.807) is 5.48 Å². The average molecular weight is 135 g/mol. The number of carbonyl (C=O) groups excluding carboxylic acids is 1. The van der Waals surface area contributed by atoms with Gasteiger partial charge in [0.05, 0.1) is 0 Å². The van der Waals surface area contributed by atoms with Crippen molar-refractivity contribution in [1.82, 2.24) is 5.48 Å². The molecule has 0 bridgehead atoms. The Balaban J connectivity index is 3.18. The molecule has 0 unspecified atom stereocenters. The van der Waals surface area contributed by atoms with Crippen LogP contribution in [-0.4, -0.2) is 11.2 Å². The van der Waals surface area contributed by atoms with Crippen LogP contribution in [0, 0.1) is 0 Å². The molecule has 6 heteroatoms. The first-order valence-electron chi connectivity index (χ1n) is 1.64. The summed E-state index contributed by atoms with van der Waals surface area (Å²) in [5, 5.41) is -0.274. The fraction of sp³-hybridized carbons (Fsp3) is 0. The van der Waals surface area contributed by atoms with Crippen LogP contribution in [0.5, 0.6) is 0 Å². The molecule has 0 rings (SSSR count). The first kappa shape index (κ1) is 6.96. The number of thiocarbonyl (C=S) groups is 1. The third-order valence-electron chi connectivity index (χ3n) is 0.252. The SMILES string of the molecule is NC(=O)NOC(N)=S. The molecule has 8 heavy (non-hydrogen) atoms. The second-order valence-electron chi connectivity index (χ2n) is 0.887. The summed E-state index contributed by atoms with van der Waals surface area (Å²) in [6.45, 7) is 0. The Morgan fingerprint density at radius 1 is 1.62 bits per heavy atom. The van der Waals surface area contributed by atoms with Crippen molar-refractivity contribution in [3.63, 3.8) is 0 Å². The van der Waals surface area contributed by atoms with Gasteiger partial charge in [0.1, 0.15) is 0 Å². The molecule has 0 aliphatic heterocycles. The standard InChI is InChI=1S/C2H5N3O2S/c3-1(6)5-7-2(4)8/h(H2,4,8)(H3,3,5,6). The van der Waals surface area contributed by atoms with Crippen LogP contribution in [0.15, 0.2) is 0 Å². The zero-order valence-corrected chi connectivity index (χ0v) is 4.70. The predicted molar refractivity (Wildman–Crippen MR) is 30.6 cm³/mol. The van der Waals surface area contributed by atoms with Crippen LogP contribution in [0.3, 0.4) is 0 Å². The van der Waals surface area contributed by atoms with Crippen molar-refractivity contribution in [2.24, 2.45) is 11.5 Å². The highest BCUT2D eigenvalue weighted by Gasteiger charge is 1.89. The van der Waals surface area contributed by atoms with Crippen molar-refractivity contribution in [2.45, 2.75) is 0 Å². The van der Waals surface area contributed by atoms with Gasteiger partial charge in [-0.25, -0.2) is 4.79 Å². The maximum Gasteiger partial charge on any atom is 0.345 e. The summed E-state index contributed by atoms with van der Waals surface area (Å²) >= 11 is 4.20. The van der Waals surface area contributed by atoms with E-state index in [9.17, 15) is 4.79 Å². The van der Waals surface area contributed by atoms with Crippen molar-refractivity contribution in [1.29, 1.82) is 0 Å². The molecule has 2 amide bonds. The molecule has 0 heterocycles. The van der Waals surface area contributed by atoms with Crippen molar-refractivity contribution in [3.05, 3.63) is 0 Å². The first-order chi connectivity index (χ1) is 3.63. The van der Waals surface area contributed by atoms with Gasteiger partial charge in [-0.15, -0.1) is 0 Å². The minimum absolute atomic E-state index is 0.274. The van der Waals surface area contributed by atoms with E-state index in [1.807, 2.05) is 0 Å². The highest BCUT2D eigenvalue weighted by molar-refractivity contribution is 7.79. The van der Waals surface area contributed by atoms with Gasteiger partial charge in [0, 0.05) is 0 Å². The van der Waals surface area contributed by atoms with E-state index < -0.39 is 6.03 Å². The molecule has 0 aliphatic rings. The highest BCUT2D eigenvalue weighted by Crippen LogP contribution is 1.63. The summed E-state index contributed by atoms with van der Waals surface area (Å²) in [6.07, 6.45) is 0. The van der Waals surface area contributed by atoms with Crippen molar-refractivity contribution < 1.29 is 9.63 Å². The predicted octanol–water partition coefficient (Wildman–Crippen LogP) is -1.17. The number of hydroxylamine groups is 1. The molecule has 0 aliphatic carbocycles. The van der Waals surface area contributed by atoms with Crippen LogP contribution < -0.4 is 16.9 Å². The third kappa shape index (κ3) is 4.96. The van der Waals surface area contributed by atoms with Crippen LogP contribution in [0.2, 0.25) is 0 Å². The normalized spacial score (nSPS) is 7.50. The van der Waals surface area contributed by atoms with E-state index >= 15 is 0 Å². The summed E-state index contributed by atoms with van der Waals surface area (Å²) in [5.41, 5.74) is 11.0. The molecule has 0 radical (unpaired) electrons. The lowest BCUT2D eigenvalue weighted by molar-refractivity contribution is 0.179. The lowest BCUT2D eigenvalue weighted by Crippen LogP contribution is -2.33. The quantitative estimate of drug-likeness (QED) is 0.288. The molecular weight excluding hydrogens is 130 g/mol. The highest BCUT2D eigenvalue weighted by atomic mass is 32.1. The molecule has 0 aromatic carbocycles. The average Bonchev–Trinajstić information content (AvgIpc) is 1.61. The molecule has 0 saturated carbocycles. The zero-order valence-electron chi connectivity index (χ0n) is 3.88. The minimum Gasteiger partial charge on any atom is -0.358 e. The Hall–Kier alpha value is -1.04. The van der Waals surface area contributed by atoms with Gasteiger partial charge >= 0.3 is 6.03 Å². The fourth-order valence-corrected chi connectivity index (χ4v) is 0.142. The van der Waals surface area contributed by atoms with Gasteiger partial charge in [-0.3, -0.25) is 0 Å². The molecule has 5 N–H and O–H groups in total. The van der Waals surface area contributed by atoms with E-state index in [1.165, 1.54) is 0 Å². The smallest absolute Gasteiger partial charge is 0.345 e. The lowest BCUT2D eigenvalue weighted by Gasteiger charge is -1.98. The number of amides is 2. The number of hydrogen-bond acceptors (Lipinski definition) is 3. The summed E-state index contributed by atoms with van der Waals surface area (Å²) in [6, 6.07) is -0.835. The van der Waals surface area contributed by atoms with Crippen molar-refractivity contribution in [2.75, 3.05) is 0 Å². The summed E-state index contributed by atoms with van der Waals surface area (Å²) < 4.78 is 0. The number of nitrogens with one attached hydrogen (secondary N) is 1. The topological polar surface area (TPSA) is 90.4 Å². The maximum absolute atomic E-state index is 9.77. The Bertz CT molecular complexity index is 99.9. The van der Waals surface area contributed by atoms with Gasteiger partial charge in [0.2, 0.25) is 0 Å². The number of carbonyl (C=O) groups is 1. The summed E-state index contributed by atoms with van der Waals surface area (Å²) in [4.78, 5) is 13.9. The molecule has 0 aromatic heterocycles. The van der Waals surface area contributed by atoms with Gasteiger partial charge < -0.3 is 16.3 Å².